The summed E-state index contributed by atoms with van der Waals surface area (Å²) in [4.78, 5) is 25.9. The van der Waals surface area contributed by atoms with Gasteiger partial charge in [-0.05, 0) is 36.5 Å². The minimum atomic E-state index is -0.424. The van der Waals surface area contributed by atoms with E-state index in [1.54, 1.807) is 24.3 Å². The molecule has 0 aliphatic carbocycles. The Labute approximate surface area is 143 Å². The number of carbonyl (C=O) groups is 2. The molecular formula is C18H27N3O3. The van der Waals surface area contributed by atoms with Crippen LogP contribution >= 0.6 is 0 Å². The lowest BCUT2D eigenvalue weighted by molar-refractivity contribution is 0.0600. The van der Waals surface area contributed by atoms with Gasteiger partial charge >= 0.3 is 12.0 Å². The number of hydrogen-bond acceptors (Lipinski definition) is 4. The largest absolute Gasteiger partial charge is 0.465 e. The number of nitrogens with one attached hydrogen (secondary N) is 2. The molecule has 0 aromatic heterocycles. The van der Waals surface area contributed by atoms with Gasteiger partial charge in [-0.15, -0.1) is 0 Å². The summed E-state index contributed by atoms with van der Waals surface area (Å²) in [6.07, 6.45) is 1.28. The van der Waals surface area contributed by atoms with Crippen molar-refractivity contribution in [1.29, 1.82) is 0 Å². The van der Waals surface area contributed by atoms with Crippen LogP contribution in [0.25, 0.3) is 0 Å². The van der Waals surface area contributed by atoms with Crippen LogP contribution in [0.5, 0.6) is 0 Å². The standard InChI is InChI=1S/C18H27N3O3/c1-13-9-14(2)12-21(11-13)8-7-19-18(23)20-16-6-4-5-15(10-16)17(22)24-3/h4-6,10,13-14H,7-9,11-12H2,1-3H3,(H2,19,20,23)/t13-,14-/m1/s1. The number of amides is 2. The predicted octanol–water partition coefficient (Wildman–Crippen LogP) is 2.57. The van der Waals surface area contributed by atoms with Gasteiger partial charge in [0.25, 0.3) is 0 Å². The van der Waals surface area contributed by atoms with Gasteiger partial charge in [-0.2, -0.15) is 0 Å². The molecule has 24 heavy (non-hydrogen) atoms. The molecule has 6 nitrogen and oxygen atoms in total. The SMILES string of the molecule is COC(=O)c1cccc(NC(=O)NCCN2C[C@H](C)C[C@@H](C)C2)c1. The fourth-order valence-electron chi connectivity index (χ4n) is 3.32. The average Bonchev–Trinajstić information content (AvgIpc) is 2.53. The zero-order chi connectivity index (χ0) is 17.5. The van der Waals surface area contributed by atoms with E-state index in [1.807, 2.05) is 0 Å². The zero-order valence-corrected chi connectivity index (χ0v) is 14.7. The Morgan fingerprint density at radius 1 is 1.25 bits per heavy atom. The van der Waals surface area contributed by atoms with Crippen molar-refractivity contribution in [1.82, 2.24) is 10.2 Å². The number of nitrogens with zero attached hydrogens (tertiary/aromatic N) is 1. The summed E-state index contributed by atoms with van der Waals surface area (Å²) in [5.41, 5.74) is 0.974. The van der Waals surface area contributed by atoms with Crippen LogP contribution in [0.2, 0.25) is 0 Å². The smallest absolute Gasteiger partial charge is 0.337 e. The van der Waals surface area contributed by atoms with Gasteiger partial charge in [-0.25, -0.2) is 9.59 Å². The maximum atomic E-state index is 12.0. The number of anilines is 1. The Balaban J connectivity index is 1.76. The molecule has 2 atom stereocenters. The van der Waals surface area contributed by atoms with Gasteiger partial charge in [0.2, 0.25) is 0 Å². The van der Waals surface area contributed by atoms with Crippen LogP contribution < -0.4 is 10.6 Å². The van der Waals surface area contributed by atoms with Crippen LogP contribution in [0.4, 0.5) is 10.5 Å². The fraction of sp³-hybridized carbons (Fsp3) is 0.556. The van der Waals surface area contributed by atoms with E-state index in [9.17, 15) is 9.59 Å². The first-order valence-electron chi connectivity index (χ1n) is 8.43. The number of piperidine rings is 1. The predicted molar refractivity (Wildman–Crippen MR) is 94.2 cm³/mol. The summed E-state index contributed by atoms with van der Waals surface area (Å²) in [6.45, 7) is 8.18. The van der Waals surface area contributed by atoms with E-state index in [-0.39, 0.29) is 6.03 Å². The quantitative estimate of drug-likeness (QED) is 0.813. The fourth-order valence-corrected chi connectivity index (χ4v) is 3.32. The van der Waals surface area contributed by atoms with Crippen molar-refractivity contribution in [2.75, 3.05) is 38.6 Å². The minimum Gasteiger partial charge on any atom is -0.465 e. The van der Waals surface area contributed by atoms with Crippen molar-refractivity contribution in [3.8, 4) is 0 Å². The lowest BCUT2D eigenvalue weighted by Gasteiger charge is -2.34. The van der Waals surface area contributed by atoms with E-state index in [4.69, 9.17) is 0 Å². The Morgan fingerprint density at radius 2 is 1.96 bits per heavy atom. The van der Waals surface area contributed by atoms with Gasteiger partial charge in [-0.3, -0.25) is 0 Å². The van der Waals surface area contributed by atoms with Crippen molar-refractivity contribution in [2.24, 2.45) is 11.8 Å². The lowest BCUT2D eigenvalue weighted by atomic mass is 9.92. The Hall–Kier alpha value is -2.08. The third-order valence-corrected chi connectivity index (χ3v) is 4.20. The van der Waals surface area contributed by atoms with Crippen LogP contribution in [-0.4, -0.2) is 50.2 Å². The van der Waals surface area contributed by atoms with E-state index in [0.29, 0.717) is 29.6 Å². The molecule has 1 aliphatic rings. The summed E-state index contributed by atoms with van der Waals surface area (Å²) in [6, 6.07) is 6.42. The monoisotopic (exact) mass is 333 g/mol. The van der Waals surface area contributed by atoms with Gasteiger partial charge in [0.05, 0.1) is 12.7 Å². The molecule has 1 aromatic carbocycles. The van der Waals surface area contributed by atoms with E-state index >= 15 is 0 Å². The summed E-state index contributed by atoms with van der Waals surface area (Å²) in [5, 5.41) is 5.60. The normalized spacial score (nSPS) is 21.1. The molecule has 0 unspecified atom stereocenters. The van der Waals surface area contributed by atoms with Crippen molar-refractivity contribution < 1.29 is 14.3 Å². The maximum Gasteiger partial charge on any atom is 0.337 e. The third kappa shape index (κ3) is 5.53. The molecule has 1 heterocycles. The first kappa shape index (κ1) is 18.3. The molecule has 1 aromatic rings. The summed E-state index contributed by atoms with van der Waals surface area (Å²) in [7, 11) is 1.33. The van der Waals surface area contributed by atoms with Crippen molar-refractivity contribution in [2.45, 2.75) is 20.3 Å². The second-order valence-corrected chi connectivity index (χ2v) is 6.66. The molecule has 1 fully saturated rings. The number of methoxy groups -OCH3 is 1. The molecule has 2 rings (SSSR count). The summed E-state index contributed by atoms with van der Waals surface area (Å²) >= 11 is 0. The number of hydrogen-bond donors (Lipinski definition) is 2. The summed E-state index contributed by atoms with van der Waals surface area (Å²) in [5.74, 6) is 1.000. The Morgan fingerprint density at radius 3 is 2.62 bits per heavy atom. The molecule has 0 radical (unpaired) electrons. The Kier molecular flexibility index (Phi) is 6.61. The van der Waals surface area contributed by atoms with Crippen LogP contribution in [0, 0.1) is 11.8 Å². The van der Waals surface area contributed by atoms with Crippen LogP contribution in [0.1, 0.15) is 30.6 Å². The average molecular weight is 333 g/mol. The lowest BCUT2D eigenvalue weighted by Crippen LogP contribution is -2.43. The van der Waals surface area contributed by atoms with E-state index in [1.165, 1.54) is 13.5 Å². The molecular weight excluding hydrogens is 306 g/mol. The van der Waals surface area contributed by atoms with Gasteiger partial charge in [0.15, 0.2) is 0 Å². The van der Waals surface area contributed by atoms with Crippen LogP contribution in [0.3, 0.4) is 0 Å². The second-order valence-electron chi connectivity index (χ2n) is 6.66. The molecule has 0 bridgehead atoms. The van der Waals surface area contributed by atoms with Gasteiger partial charge in [0.1, 0.15) is 0 Å². The molecule has 1 saturated heterocycles. The molecule has 132 valence electrons. The van der Waals surface area contributed by atoms with Crippen molar-refractivity contribution in [3.05, 3.63) is 29.8 Å². The molecule has 2 amide bonds. The number of ether oxygens (including phenoxy) is 1. The Bertz CT molecular complexity index is 566. The van der Waals surface area contributed by atoms with Gasteiger partial charge in [0, 0.05) is 31.9 Å². The van der Waals surface area contributed by atoms with Crippen molar-refractivity contribution in [3.63, 3.8) is 0 Å². The highest BCUT2D eigenvalue weighted by atomic mass is 16.5. The first-order chi connectivity index (χ1) is 11.5. The maximum absolute atomic E-state index is 12.0. The molecule has 2 N–H and O–H groups in total. The van der Waals surface area contributed by atoms with E-state index < -0.39 is 5.97 Å². The molecule has 1 aliphatic heterocycles. The van der Waals surface area contributed by atoms with Crippen LogP contribution in [0.15, 0.2) is 24.3 Å². The van der Waals surface area contributed by atoms with E-state index in [2.05, 4.69) is 34.1 Å². The molecule has 6 heteroatoms. The van der Waals surface area contributed by atoms with Gasteiger partial charge in [-0.1, -0.05) is 19.9 Å². The highest BCUT2D eigenvalue weighted by Crippen LogP contribution is 2.20. The highest BCUT2D eigenvalue weighted by Gasteiger charge is 2.21. The molecule has 0 saturated carbocycles. The number of likely N-dealkylation sites (tertiary alicyclic amines) is 1. The summed E-state index contributed by atoms with van der Waals surface area (Å²) < 4.78 is 4.67. The number of rotatable bonds is 5. The number of carbonyl (C=O) groups excluding carboxylic acids is 2. The third-order valence-electron chi connectivity index (χ3n) is 4.20. The number of urea groups is 1. The minimum absolute atomic E-state index is 0.268. The van der Waals surface area contributed by atoms with Crippen molar-refractivity contribution >= 4 is 17.7 Å². The van der Waals surface area contributed by atoms with Crippen LogP contribution in [-0.2, 0) is 4.74 Å². The highest BCUT2D eigenvalue weighted by molar-refractivity contribution is 5.93. The second kappa shape index (κ2) is 8.68. The number of esters is 1. The molecule has 0 spiro atoms. The first-order valence-corrected chi connectivity index (χ1v) is 8.43. The topological polar surface area (TPSA) is 70.7 Å². The number of benzene rings is 1. The van der Waals surface area contributed by atoms with E-state index in [0.717, 1.165) is 19.6 Å². The van der Waals surface area contributed by atoms with Gasteiger partial charge < -0.3 is 20.3 Å². The zero-order valence-electron chi connectivity index (χ0n) is 14.7.